The van der Waals surface area contributed by atoms with Crippen molar-refractivity contribution >= 4 is 40.0 Å². The Hall–Kier alpha value is -1.35. The second kappa shape index (κ2) is 8.33. The van der Waals surface area contributed by atoms with E-state index in [0.717, 1.165) is 15.9 Å². The van der Waals surface area contributed by atoms with E-state index < -0.39 is 0 Å². The first kappa shape index (κ1) is 17.0. The Morgan fingerprint density at radius 1 is 1.41 bits per heavy atom. The van der Waals surface area contributed by atoms with Crippen LogP contribution in [-0.4, -0.2) is 58.8 Å². The van der Waals surface area contributed by atoms with Crippen LogP contribution in [0.15, 0.2) is 4.34 Å². The average Bonchev–Trinajstić information content (AvgIpc) is 3.19. The summed E-state index contributed by atoms with van der Waals surface area (Å²) in [6.45, 7) is 2.71. The fourth-order valence-corrected chi connectivity index (χ4v) is 3.36. The molecule has 1 aliphatic rings. The molecule has 2 N–H and O–H groups in total. The minimum Gasteiger partial charge on any atom is -0.357 e. The SMILES string of the molecule is CCCNC(=O)CN(C)C(=O)CSc1nnc(NC2CC2)s1. The fraction of sp³-hybridized carbons (Fsp3) is 0.692. The van der Waals surface area contributed by atoms with E-state index in [1.165, 1.54) is 40.8 Å². The molecule has 2 amide bonds. The summed E-state index contributed by atoms with van der Waals surface area (Å²) in [4.78, 5) is 25.0. The number of anilines is 1. The number of carbonyl (C=O) groups is 2. The maximum Gasteiger partial charge on any atom is 0.239 e. The molecule has 0 aliphatic heterocycles. The molecule has 1 aliphatic carbocycles. The third-order valence-electron chi connectivity index (χ3n) is 3.01. The maximum absolute atomic E-state index is 12.0. The summed E-state index contributed by atoms with van der Waals surface area (Å²) in [7, 11) is 1.63. The first-order valence-corrected chi connectivity index (χ1v) is 9.12. The monoisotopic (exact) mass is 343 g/mol. The minimum atomic E-state index is -0.130. The molecule has 22 heavy (non-hydrogen) atoms. The zero-order chi connectivity index (χ0) is 15.9. The van der Waals surface area contributed by atoms with Gasteiger partial charge in [-0.2, -0.15) is 0 Å². The van der Waals surface area contributed by atoms with E-state index in [9.17, 15) is 9.59 Å². The molecule has 122 valence electrons. The number of likely N-dealkylation sites (N-methyl/N-ethyl adjacent to an activating group) is 1. The number of hydrogen-bond donors (Lipinski definition) is 2. The van der Waals surface area contributed by atoms with Crippen LogP contribution in [0.4, 0.5) is 5.13 Å². The van der Waals surface area contributed by atoms with E-state index in [4.69, 9.17) is 0 Å². The Kier molecular flexibility index (Phi) is 6.44. The van der Waals surface area contributed by atoms with Crippen LogP contribution in [0.25, 0.3) is 0 Å². The van der Waals surface area contributed by atoms with Gasteiger partial charge in [-0.25, -0.2) is 0 Å². The van der Waals surface area contributed by atoms with Crippen molar-refractivity contribution in [1.82, 2.24) is 20.4 Å². The molecule has 1 aromatic rings. The van der Waals surface area contributed by atoms with Crippen LogP contribution in [0.3, 0.4) is 0 Å². The largest absolute Gasteiger partial charge is 0.357 e. The molecule has 2 rings (SSSR count). The van der Waals surface area contributed by atoms with Crippen LogP contribution in [0.2, 0.25) is 0 Å². The maximum atomic E-state index is 12.0. The summed E-state index contributed by atoms with van der Waals surface area (Å²) >= 11 is 2.81. The summed E-state index contributed by atoms with van der Waals surface area (Å²) < 4.78 is 0.764. The van der Waals surface area contributed by atoms with E-state index >= 15 is 0 Å². The summed E-state index contributed by atoms with van der Waals surface area (Å²) in [5.41, 5.74) is 0. The average molecular weight is 343 g/mol. The number of carbonyl (C=O) groups excluding carboxylic acids is 2. The van der Waals surface area contributed by atoms with Gasteiger partial charge in [0.25, 0.3) is 0 Å². The number of aromatic nitrogens is 2. The van der Waals surface area contributed by atoms with Crippen LogP contribution < -0.4 is 10.6 Å². The summed E-state index contributed by atoms with van der Waals surface area (Å²) in [6, 6.07) is 0.542. The number of nitrogens with zero attached hydrogens (tertiary/aromatic N) is 3. The summed E-state index contributed by atoms with van der Waals surface area (Å²) in [5, 5.41) is 14.9. The predicted octanol–water partition coefficient (Wildman–Crippen LogP) is 1.19. The van der Waals surface area contributed by atoms with Gasteiger partial charge in [0.1, 0.15) is 0 Å². The first-order chi connectivity index (χ1) is 10.6. The second-order valence-electron chi connectivity index (χ2n) is 5.18. The zero-order valence-electron chi connectivity index (χ0n) is 12.8. The number of hydrogen-bond acceptors (Lipinski definition) is 7. The van der Waals surface area contributed by atoms with Crippen LogP contribution in [0.5, 0.6) is 0 Å². The zero-order valence-corrected chi connectivity index (χ0v) is 14.4. The van der Waals surface area contributed by atoms with Crippen molar-refractivity contribution in [3.05, 3.63) is 0 Å². The molecule has 0 radical (unpaired) electrons. The first-order valence-electron chi connectivity index (χ1n) is 7.32. The van der Waals surface area contributed by atoms with Gasteiger partial charge in [0.2, 0.25) is 16.9 Å². The molecule has 1 fully saturated rings. The van der Waals surface area contributed by atoms with Crippen LogP contribution in [0.1, 0.15) is 26.2 Å². The van der Waals surface area contributed by atoms with Crippen molar-refractivity contribution in [2.75, 3.05) is 31.2 Å². The lowest BCUT2D eigenvalue weighted by Gasteiger charge is -2.16. The highest BCUT2D eigenvalue weighted by atomic mass is 32.2. The normalized spacial score (nSPS) is 13.7. The van der Waals surface area contributed by atoms with Crippen LogP contribution >= 0.6 is 23.1 Å². The van der Waals surface area contributed by atoms with Crippen molar-refractivity contribution in [2.45, 2.75) is 36.6 Å². The Morgan fingerprint density at radius 3 is 2.86 bits per heavy atom. The molecular weight excluding hydrogens is 322 g/mol. The smallest absolute Gasteiger partial charge is 0.239 e. The number of rotatable bonds is 9. The Balaban J connectivity index is 1.69. The Labute approximate surface area is 138 Å². The molecule has 1 heterocycles. The van der Waals surface area contributed by atoms with Gasteiger partial charge in [0, 0.05) is 19.6 Å². The van der Waals surface area contributed by atoms with Gasteiger partial charge < -0.3 is 15.5 Å². The summed E-state index contributed by atoms with van der Waals surface area (Å²) in [6.07, 6.45) is 3.25. The molecule has 0 atom stereocenters. The molecule has 9 heteroatoms. The molecule has 0 saturated heterocycles. The summed E-state index contributed by atoms with van der Waals surface area (Å²) in [5.74, 6) is 0.0355. The number of nitrogens with one attached hydrogen (secondary N) is 2. The lowest BCUT2D eigenvalue weighted by Crippen LogP contribution is -2.39. The van der Waals surface area contributed by atoms with Crippen molar-refractivity contribution in [2.24, 2.45) is 0 Å². The third-order valence-corrected chi connectivity index (χ3v) is 4.98. The van der Waals surface area contributed by atoms with Crippen LogP contribution in [-0.2, 0) is 9.59 Å². The van der Waals surface area contributed by atoms with Gasteiger partial charge in [0.05, 0.1) is 12.3 Å². The van der Waals surface area contributed by atoms with Crippen molar-refractivity contribution in [3.63, 3.8) is 0 Å². The Morgan fingerprint density at radius 2 is 2.18 bits per heavy atom. The van der Waals surface area contributed by atoms with Crippen molar-refractivity contribution in [3.8, 4) is 0 Å². The molecule has 7 nitrogen and oxygen atoms in total. The molecule has 1 aromatic heterocycles. The van der Waals surface area contributed by atoms with E-state index in [1.807, 2.05) is 6.92 Å². The van der Waals surface area contributed by atoms with Gasteiger partial charge in [-0.3, -0.25) is 9.59 Å². The van der Waals surface area contributed by atoms with Gasteiger partial charge in [-0.15, -0.1) is 10.2 Å². The number of amides is 2. The molecule has 0 spiro atoms. The van der Waals surface area contributed by atoms with Gasteiger partial charge >= 0.3 is 0 Å². The van der Waals surface area contributed by atoms with Crippen LogP contribution in [0, 0.1) is 0 Å². The third kappa shape index (κ3) is 5.80. The van der Waals surface area contributed by atoms with Gasteiger partial charge in [-0.1, -0.05) is 30.0 Å². The minimum absolute atomic E-state index is 0.0873. The Bertz CT molecular complexity index is 518. The highest BCUT2D eigenvalue weighted by molar-refractivity contribution is 8.01. The van der Waals surface area contributed by atoms with E-state index in [0.29, 0.717) is 12.6 Å². The van der Waals surface area contributed by atoms with Gasteiger partial charge in [0.15, 0.2) is 4.34 Å². The molecular formula is C13H21N5O2S2. The highest BCUT2D eigenvalue weighted by Crippen LogP contribution is 2.30. The fourth-order valence-electron chi connectivity index (χ4n) is 1.59. The topological polar surface area (TPSA) is 87.2 Å². The van der Waals surface area contributed by atoms with E-state index in [2.05, 4.69) is 20.8 Å². The second-order valence-corrected chi connectivity index (χ2v) is 7.38. The van der Waals surface area contributed by atoms with E-state index in [-0.39, 0.29) is 24.1 Å². The molecule has 0 unspecified atom stereocenters. The van der Waals surface area contributed by atoms with Gasteiger partial charge in [-0.05, 0) is 19.3 Å². The quantitative estimate of drug-likeness (QED) is 0.655. The van der Waals surface area contributed by atoms with Crippen molar-refractivity contribution in [1.29, 1.82) is 0 Å². The lowest BCUT2D eigenvalue weighted by atomic mass is 10.4. The molecule has 0 aromatic carbocycles. The molecule has 1 saturated carbocycles. The van der Waals surface area contributed by atoms with E-state index in [1.54, 1.807) is 7.05 Å². The van der Waals surface area contributed by atoms with Crippen molar-refractivity contribution < 1.29 is 9.59 Å². The lowest BCUT2D eigenvalue weighted by molar-refractivity contribution is -0.132. The number of thioether (sulfide) groups is 1. The highest BCUT2D eigenvalue weighted by Gasteiger charge is 2.22. The molecule has 0 bridgehead atoms. The predicted molar refractivity (Wildman–Crippen MR) is 88.2 cm³/mol. The standard InChI is InChI=1S/C13H21N5O2S2/c1-3-6-14-10(19)7-18(2)11(20)8-21-13-17-16-12(22-13)15-9-4-5-9/h9H,3-8H2,1-2H3,(H,14,19)(H,15,16).